The number of amides is 1. The van der Waals surface area contributed by atoms with E-state index in [1.165, 1.54) is 18.7 Å². The van der Waals surface area contributed by atoms with Crippen molar-refractivity contribution in [2.45, 2.75) is 20.3 Å². The summed E-state index contributed by atoms with van der Waals surface area (Å²) >= 11 is 0. The summed E-state index contributed by atoms with van der Waals surface area (Å²) in [6.07, 6.45) is 6.47. The van der Waals surface area contributed by atoms with Crippen molar-refractivity contribution in [2.24, 2.45) is 5.92 Å². The van der Waals surface area contributed by atoms with Crippen LogP contribution in [0.2, 0.25) is 0 Å². The number of ketones is 1. The minimum atomic E-state index is -0.201. The Kier molecular flexibility index (Phi) is 4.95. The maximum Gasteiger partial charge on any atom is 0.224 e. The molecule has 3 aromatic heterocycles. The molecule has 3 heterocycles. The lowest BCUT2D eigenvalue weighted by molar-refractivity contribution is -0.116. The molecule has 0 saturated carbocycles. The number of aromatic nitrogens is 3. The summed E-state index contributed by atoms with van der Waals surface area (Å²) in [5, 5.41) is 7.30. The van der Waals surface area contributed by atoms with Gasteiger partial charge >= 0.3 is 0 Å². The lowest BCUT2D eigenvalue weighted by Crippen LogP contribution is -2.13. The van der Waals surface area contributed by atoms with E-state index >= 15 is 0 Å². The highest BCUT2D eigenvalue weighted by molar-refractivity contribution is 6.12. The number of benzene rings is 1. The molecule has 29 heavy (non-hydrogen) atoms. The Morgan fingerprint density at radius 2 is 2.07 bits per heavy atom. The largest absolute Gasteiger partial charge is 0.472 e. The molecule has 0 atom stereocenters. The Morgan fingerprint density at radius 3 is 2.83 bits per heavy atom. The summed E-state index contributed by atoms with van der Waals surface area (Å²) in [5.41, 5.74) is 3.63. The van der Waals surface area contributed by atoms with Gasteiger partial charge in [0.25, 0.3) is 0 Å². The Hall–Kier alpha value is -3.74. The molecule has 0 aliphatic heterocycles. The van der Waals surface area contributed by atoms with Gasteiger partial charge in [-0.15, -0.1) is 0 Å². The number of anilines is 1. The smallest absolute Gasteiger partial charge is 0.224 e. The van der Waals surface area contributed by atoms with Crippen LogP contribution in [0, 0.1) is 5.92 Å². The average molecular weight is 388 g/mol. The van der Waals surface area contributed by atoms with Gasteiger partial charge in [-0.2, -0.15) is 5.10 Å². The Morgan fingerprint density at radius 1 is 1.21 bits per heavy atom. The number of nitrogens with zero attached hydrogens (tertiary/aromatic N) is 3. The predicted molar refractivity (Wildman–Crippen MR) is 109 cm³/mol. The SMILES string of the molecule is CC(C)CC(=O)Nc1cccc(-c2ccnc3c(C(=O)c4ccoc4)cnn23)c1. The number of furan rings is 1. The van der Waals surface area contributed by atoms with E-state index in [2.05, 4.69) is 15.4 Å². The van der Waals surface area contributed by atoms with Gasteiger partial charge in [-0.1, -0.05) is 26.0 Å². The molecule has 1 aromatic carbocycles. The standard InChI is InChI=1S/C22H20N4O3/c1-14(2)10-20(27)25-17-5-3-4-15(11-17)19-6-8-23-22-18(12-24-26(19)22)21(28)16-7-9-29-13-16/h3-9,11-14H,10H2,1-2H3,(H,25,27). The Labute approximate surface area is 167 Å². The normalized spacial score (nSPS) is 11.1. The highest BCUT2D eigenvalue weighted by atomic mass is 16.3. The minimum Gasteiger partial charge on any atom is -0.472 e. The number of carbonyl (C=O) groups is 2. The molecular weight excluding hydrogens is 368 g/mol. The molecule has 0 fully saturated rings. The Balaban J connectivity index is 1.69. The third kappa shape index (κ3) is 3.80. The molecule has 7 heteroatoms. The molecule has 0 spiro atoms. The topological polar surface area (TPSA) is 89.5 Å². The van der Waals surface area contributed by atoms with Gasteiger partial charge in [-0.3, -0.25) is 9.59 Å². The monoisotopic (exact) mass is 388 g/mol. The number of hydrogen-bond donors (Lipinski definition) is 1. The second-order valence-electron chi connectivity index (χ2n) is 7.19. The van der Waals surface area contributed by atoms with Crippen LogP contribution in [0.1, 0.15) is 36.2 Å². The number of nitrogens with one attached hydrogen (secondary N) is 1. The number of hydrogen-bond acceptors (Lipinski definition) is 5. The van der Waals surface area contributed by atoms with Crippen LogP contribution in [0.4, 0.5) is 5.69 Å². The summed E-state index contributed by atoms with van der Waals surface area (Å²) in [5.74, 6) is 0.0606. The van der Waals surface area contributed by atoms with Crippen molar-refractivity contribution in [3.63, 3.8) is 0 Å². The van der Waals surface area contributed by atoms with Gasteiger partial charge in [0.1, 0.15) is 6.26 Å². The molecule has 0 bridgehead atoms. The van der Waals surface area contributed by atoms with Gasteiger partial charge in [-0.25, -0.2) is 9.50 Å². The van der Waals surface area contributed by atoms with E-state index in [0.29, 0.717) is 28.9 Å². The molecule has 0 aliphatic carbocycles. The molecule has 0 radical (unpaired) electrons. The van der Waals surface area contributed by atoms with E-state index in [4.69, 9.17) is 4.42 Å². The zero-order valence-electron chi connectivity index (χ0n) is 16.1. The van der Waals surface area contributed by atoms with E-state index in [1.54, 1.807) is 16.8 Å². The molecule has 146 valence electrons. The van der Waals surface area contributed by atoms with Crippen molar-refractivity contribution in [1.82, 2.24) is 14.6 Å². The van der Waals surface area contributed by atoms with Crippen molar-refractivity contribution in [2.75, 3.05) is 5.32 Å². The summed E-state index contributed by atoms with van der Waals surface area (Å²) in [4.78, 5) is 29.1. The first-order chi connectivity index (χ1) is 14.0. The Bertz CT molecular complexity index is 1180. The fourth-order valence-corrected chi connectivity index (χ4v) is 3.16. The van der Waals surface area contributed by atoms with Crippen molar-refractivity contribution >= 4 is 23.0 Å². The highest BCUT2D eigenvalue weighted by Gasteiger charge is 2.18. The summed E-state index contributed by atoms with van der Waals surface area (Å²) in [6, 6.07) is 10.9. The van der Waals surface area contributed by atoms with Gasteiger partial charge in [0, 0.05) is 23.9 Å². The van der Waals surface area contributed by atoms with Gasteiger partial charge in [0.15, 0.2) is 5.65 Å². The van der Waals surface area contributed by atoms with Crippen molar-refractivity contribution < 1.29 is 14.0 Å². The van der Waals surface area contributed by atoms with Crippen LogP contribution in [0.15, 0.2) is 65.7 Å². The van der Waals surface area contributed by atoms with Crippen LogP contribution in [-0.2, 0) is 4.79 Å². The van der Waals surface area contributed by atoms with Crippen LogP contribution in [0.3, 0.4) is 0 Å². The third-order valence-corrected chi connectivity index (χ3v) is 4.46. The fourth-order valence-electron chi connectivity index (χ4n) is 3.16. The van der Waals surface area contributed by atoms with E-state index in [0.717, 1.165) is 11.3 Å². The molecule has 4 aromatic rings. The van der Waals surface area contributed by atoms with Gasteiger partial charge in [0.05, 0.1) is 29.3 Å². The van der Waals surface area contributed by atoms with E-state index < -0.39 is 0 Å². The minimum absolute atomic E-state index is 0.0240. The maximum absolute atomic E-state index is 12.7. The van der Waals surface area contributed by atoms with Crippen molar-refractivity contribution in [3.05, 3.63) is 72.4 Å². The molecule has 0 saturated heterocycles. The van der Waals surface area contributed by atoms with Gasteiger partial charge in [-0.05, 0) is 30.2 Å². The summed E-state index contributed by atoms with van der Waals surface area (Å²) < 4.78 is 6.63. The number of fused-ring (bicyclic) bond motifs is 1. The van der Waals surface area contributed by atoms with Crippen molar-refractivity contribution in [1.29, 1.82) is 0 Å². The molecular formula is C22H20N4O3. The first kappa shape index (κ1) is 18.6. The second kappa shape index (κ2) is 7.71. The second-order valence-corrected chi connectivity index (χ2v) is 7.19. The van der Waals surface area contributed by atoms with Crippen LogP contribution >= 0.6 is 0 Å². The van der Waals surface area contributed by atoms with Crippen LogP contribution in [-0.4, -0.2) is 26.3 Å². The molecule has 7 nitrogen and oxygen atoms in total. The fraction of sp³-hybridized carbons (Fsp3) is 0.182. The van der Waals surface area contributed by atoms with Crippen LogP contribution < -0.4 is 5.32 Å². The maximum atomic E-state index is 12.7. The summed E-state index contributed by atoms with van der Waals surface area (Å²) in [7, 11) is 0. The average Bonchev–Trinajstić information content (AvgIpc) is 3.37. The first-order valence-corrected chi connectivity index (χ1v) is 9.33. The molecule has 4 rings (SSSR count). The van der Waals surface area contributed by atoms with E-state index in [9.17, 15) is 9.59 Å². The predicted octanol–water partition coefficient (Wildman–Crippen LogP) is 4.20. The quantitative estimate of drug-likeness (QED) is 0.500. The van der Waals surface area contributed by atoms with Gasteiger partial charge < -0.3 is 9.73 Å². The lowest BCUT2D eigenvalue weighted by Gasteiger charge is -2.10. The molecule has 1 amide bonds. The number of carbonyl (C=O) groups excluding carboxylic acids is 2. The van der Waals surface area contributed by atoms with Crippen LogP contribution in [0.5, 0.6) is 0 Å². The zero-order valence-corrected chi connectivity index (χ0v) is 16.1. The lowest BCUT2D eigenvalue weighted by atomic mass is 10.1. The van der Waals surface area contributed by atoms with E-state index in [-0.39, 0.29) is 17.6 Å². The zero-order chi connectivity index (χ0) is 20.4. The van der Waals surface area contributed by atoms with E-state index in [1.807, 2.05) is 44.2 Å². The summed E-state index contributed by atoms with van der Waals surface area (Å²) in [6.45, 7) is 4.01. The van der Waals surface area contributed by atoms with Gasteiger partial charge in [0.2, 0.25) is 11.7 Å². The number of rotatable bonds is 6. The molecule has 0 unspecified atom stereocenters. The highest BCUT2D eigenvalue weighted by Crippen LogP contribution is 2.25. The third-order valence-electron chi connectivity index (χ3n) is 4.46. The first-order valence-electron chi connectivity index (χ1n) is 9.33. The molecule has 0 aliphatic rings. The molecule has 1 N–H and O–H groups in total. The van der Waals surface area contributed by atoms with Crippen molar-refractivity contribution in [3.8, 4) is 11.3 Å². The van der Waals surface area contributed by atoms with Crippen LogP contribution in [0.25, 0.3) is 16.9 Å².